The first kappa shape index (κ1) is 14.4. The van der Waals surface area contributed by atoms with Gasteiger partial charge in [-0.05, 0) is 36.4 Å². The second kappa shape index (κ2) is 6.43. The van der Waals surface area contributed by atoms with Gasteiger partial charge in [0.05, 0.1) is 14.2 Å². The number of hydrogen-bond acceptors (Lipinski definition) is 3. The summed E-state index contributed by atoms with van der Waals surface area (Å²) in [5.74, 6) is 0.666. The number of amides is 1. The minimum Gasteiger partial charge on any atom is -0.496 e. The van der Waals surface area contributed by atoms with Crippen LogP contribution in [0.25, 0.3) is 0 Å². The Morgan fingerprint density at radius 1 is 1.00 bits per heavy atom. The monoisotopic (exact) mass is 335 g/mol. The van der Waals surface area contributed by atoms with E-state index in [0.29, 0.717) is 22.7 Å². The number of rotatable bonds is 4. The predicted octanol–water partition coefficient (Wildman–Crippen LogP) is 3.72. The zero-order valence-corrected chi connectivity index (χ0v) is 12.7. The predicted molar refractivity (Wildman–Crippen MR) is 81.6 cm³/mol. The largest absolute Gasteiger partial charge is 0.496 e. The van der Waals surface area contributed by atoms with Crippen molar-refractivity contribution in [2.24, 2.45) is 0 Å². The number of carbonyl (C=O) groups is 1. The molecule has 5 heteroatoms. The van der Waals surface area contributed by atoms with Gasteiger partial charge in [0.2, 0.25) is 0 Å². The van der Waals surface area contributed by atoms with Crippen molar-refractivity contribution in [1.82, 2.24) is 0 Å². The van der Waals surface area contributed by atoms with E-state index in [9.17, 15) is 4.79 Å². The second-order valence-electron chi connectivity index (χ2n) is 4.00. The molecule has 20 heavy (non-hydrogen) atoms. The molecule has 0 unspecified atom stereocenters. The molecule has 2 aromatic carbocycles. The lowest BCUT2D eigenvalue weighted by atomic mass is 10.1. The maximum absolute atomic E-state index is 12.4. The van der Waals surface area contributed by atoms with Gasteiger partial charge in [0.15, 0.2) is 0 Å². The molecule has 2 aromatic rings. The van der Waals surface area contributed by atoms with E-state index in [-0.39, 0.29) is 5.91 Å². The molecule has 0 spiro atoms. The summed E-state index contributed by atoms with van der Waals surface area (Å²) < 4.78 is 11.4. The van der Waals surface area contributed by atoms with Crippen LogP contribution in [0.15, 0.2) is 46.9 Å². The molecule has 0 aromatic heterocycles. The zero-order chi connectivity index (χ0) is 14.5. The van der Waals surface area contributed by atoms with Gasteiger partial charge < -0.3 is 14.8 Å². The molecule has 0 atom stereocenters. The summed E-state index contributed by atoms with van der Waals surface area (Å²) in [5.41, 5.74) is 1.08. The quantitative estimate of drug-likeness (QED) is 0.926. The highest BCUT2D eigenvalue weighted by molar-refractivity contribution is 9.10. The molecular weight excluding hydrogens is 322 g/mol. The molecule has 0 bridgehead atoms. The van der Waals surface area contributed by atoms with E-state index in [2.05, 4.69) is 21.2 Å². The number of benzene rings is 2. The van der Waals surface area contributed by atoms with Gasteiger partial charge in [-0.2, -0.15) is 0 Å². The maximum atomic E-state index is 12.4. The van der Waals surface area contributed by atoms with E-state index < -0.39 is 0 Å². The van der Waals surface area contributed by atoms with Gasteiger partial charge in [-0.3, -0.25) is 4.79 Å². The van der Waals surface area contributed by atoms with Crippen LogP contribution in [0.1, 0.15) is 10.4 Å². The van der Waals surface area contributed by atoms with Crippen LogP contribution in [0.5, 0.6) is 11.5 Å². The van der Waals surface area contributed by atoms with E-state index in [1.165, 1.54) is 14.2 Å². The normalized spacial score (nSPS) is 9.95. The van der Waals surface area contributed by atoms with Gasteiger partial charge in [-0.25, -0.2) is 0 Å². The van der Waals surface area contributed by atoms with Crippen LogP contribution < -0.4 is 14.8 Å². The lowest BCUT2D eigenvalue weighted by Gasteiger charge is -2.13. The molecule has 0 radical (unpaired) electrons. The molecule has 0 saturated carbocycles. The van der Waals surface area contributed by atoms with Crippen molar-refractivity contribution in [3.8, 4) is 11.5 Å². The number of methoxy groups -OCH3 is 2. The summed E-state index contributed by atoms with van der Waals surface area (Å²) in [6.45, 7) is 0. The minimum absolute atomic E-state index is 0.276. The van der Waals surface area contributed by atoms with Gasteiger partial charge in [0.1, 0.15) is 17.1 Å². The third-order valence-corrected chi connectivity index (χ3v) is 3.29. The van der Waals surface area contributed by atoms with Gasteiger partial charge in [-0.1, -0.05) is 22.0 Å². The molecule has 0 saturated heterocycles. The molecule has 0 aliphatic heterocycles. The topological polar surface area (TPSA) is 47.6 Å². The van der Waals surface area contributed by atoms with Gasteiger partial charge in [0, 0.05) is 10.2 Å². The number of nitrogens with one attached hydrogen (secondary N) is 1. The number of hydrogen-bond donors (Lipinski definition) is 1. The van der Waals surface area contributed by atoms with E-state index in [4.69, 9.17) is 9.47 Å². The molecular formula is C15H14BrNO3. The fourth-order valence-corrected chi connectivity index (χ4v) is 2.07. The number of ether oxygens (including phenoxy) is 2. The first-order valence-corrected chi connectivity index (χ1v) is 6.73. The van der Waals surface area contributed by atoms with Crippen LogP contribution in [0.2, 0.25) is 0 Å². The Hall–Kier alpha value is -2.01. The van der Waals surface area contributed by atoms with E-state index >= 15 is 0 Å². The zero-order valence-electron chi connectivity index (χ0n) is 11.1. The van der Waals surface area contributed by atoms with Gasteiger partial charge in [0.25, 0.3) is 5.91 Å². The fraction of sp³-hybridized carbons (Fsp3) is 0.133. The molecule has 104 valence electrons. The van der Waals surface area contributed by atoms with E-state index in [1.54, 1.807) is 18.2 Å². The first-order valence-electron chi connectivity index (χ1n) is 5.93. The molecule has 1 N–H and O–H groups in total. The maximum Gasteiger partial charge on any atom is 0.263 e. The number of anilines is 1. The lowest BCUT2D eigenvalue weighted by Crippen LogP contribution is -2.14. The molecule has 0 aliphatic rings. The van der Waals surface area contributed by atoms with Gasteiger partial charge in [-0.15, -0.1) is 0 Å². The summed E-state index contributed by atoms with van der Waals surface area (Å²) >= 11 is 3.35. The Kier molecular flexibility index (Phi) is 4.63. The Morgan fingerprint density at radius 3 is 2.05 bits per heavy atom. The van der Waals surface area contributed by atoms with E-state index in [0.717, 1.165) is 4.47 Å². The van der Waals surface area contributed by atoms with Crippen molar-refractivity contribution >= 4 is 27.5 Å². The van der Waals surface area contributed by atoms with Crippen molar-refractivity contribution in [1.29, 1.82) is 0 Å². The second-order valence-corrected chi connectivity index (χ2v) is 4.91. The molecule has 2 rings (SSSR count). The summed E-state index contributed by atoms with van der Waals surface area (Å²) in [4.78, 5) is 12.4. The fourth-order valence-electron chi connectivity index (χ4n) is 1.80. The Bertz CT molecular complexity index is 589. The highest BCUT2D eigenvalue weighted by Gasteiger charge is 2.18. The van der Waals surface area contributed by atoms with Crippen molar-refractivity contribution in [2.45, 2.75) is 0 Å². The summed E-state index contributed by atoms with van der Waals surface area (Å²) in [7, 11) is 3.04. The van der Waals surface area contributed by atoms with Crippen LogP contribution >= 0.6 is 15.9 Å². The van der Waals surface area contributed by atoms with Gasteiger partial charge >= 0.3 is 0 Å². The summed E-state index contributed by atoms with van der Waals surface area (Å²) in [5, 5.41) is 2.82. The third-order valence-electron chi connectivity index (χ3n) is 2.76. The van der Waals surface area contributed by atoms with Crippen LogP contribution in [-0.4, -0.2) is 20.1 Å². The Balaban J connectivity index is 2.31. The first-order chi connectivity index (χ1) is 9.65. The van der Waals surface area contributed by atoms with Crippen LogP contribution in [0.3, 0.4) is 0 Å². The summed E-state index contributed by atoms with van der Waals surface area (Å²) in [6.07, 6.45) is 0. The Morgan fingerprint density at radius 2 is 1.55 bits per heavy atom. The number of halogens is 1. The average molecular weight is 336 g/mol. The smallest absolute Gasteiger partial charge is 0.263 e. The molecule has 0 heterocycles. The average Bonchev–Trinajstić information content (AvgIpc) is 2.48. The van der Waals surface area contributed by atoms with Crippen LogP contribution in [-0.2, 0) is 0 Å². The van der Waals surface area contributed by atoms with Crippen molar-refractivity contribution in [3.05, 3.63) is 52.5 Å². The van der Waals surface area contributed by atoms with Crippen molar-refractivity contribution in [3.63, 3.8) is 0 Å². The Labute approximate surface area is 125 Å². The molecule has 1 amide bonds. The molecule has 0 fully saturated rings. The van der Waals surface area contributed by atoms with Crippen molar-refractivity contribution < 1.29 is 14.3 Å². The minimum atomic E-state index is -0.276. The third kappa shape index (κ3) is 3.11. The SMILES string of the molecule is COc1cccc(OC)c1C(=O)Nc1ccc(Br)cc1. The van der Waals surface area contributed by atoms with Crippen LogP contribution in [0.4, 0.5) is 5.69 Å². The highest BCUT2D eigenvalue weighted by atomic mass is 79.9. The highest BCUT2D eigenvalue weighted by Crippen LogP contribution is 2.29. The molecule has 0 aliphatic carbocycles. The standard InChI is InChI=1S/C15H14BrNO3/c1-19-12-4-3-5-13(20-2)14(12)15(18)17-11-8-6-10(16)7-9-11/h3-9H,1-2H3,(H,17,18). The number of carbonyl (C=O) groups excluding carboxylic acids is 1. The van der Waals surface area contributed by atoms with E-state index in [1.807, 2.05) is 24.3 Å². The molecule has 4 nitrogen and oxygen atoms in total. The van der Waals surface area contributed by atoms with Crippen molar-refractivity contribution in [2.75, 3.05) is 19.5 Å². The lowest BCUT2D eigenvalue weighted by molar-refractivity contribution is 0.102. The summed E-state index contributed by atoms with van der Waals surface area (Å²) in [6, 6.07) is 12.5. The van der Waals surface area contributed by atoms with Crippen LogP contribution in [0, 0.1) is 0 Å².